The average Bonchev–Trinajstić information content (AvgIpc) is 3.20. The molecule has 46 heavy (non-hydrogen) atoms. The molecule has 0 spiro atoms. The number of carbonyl (C=O) groups is 1. The molecule has 248 valence electrons. The lowest BCUT2D eigenvalue weighted by atomic mass is 9.78. The molecule has 5 unspecified atom stereocenters. The summed E-state index contributed by atoms with van der Waals surface area (Å²) in [4.78, 5) is 15.9. The first-order valence-corrected chi connectivity index (χ1v) is 15.2. The van der Waals surface area contributed by atoms with E-state index in [0.29, 0.717) is 31.5 Å². The van der Waals surface area contributed by atoms with E-state index >= 15 is 0 Å². The molecular weight excluding hydrogens is 612 g/mol. The van der Waals surface area contributed by atoms with Gasteiger partial charge in [-0.25, -0.2) is 0 Å². The molecule has 0 aromatic heterocycles. The lowest BCUT2D eigenvalue weighted by Gasteiger charge is -2.51. The molecular formula is C35H37F6NO4. The zero-order valence-electron chi connectivity index (χ0n) is 25.7. The van der Waals surface area contributed by atoms with Crippen LogP contribution < -0.4 is 0 Å². The number of alkyl halides is 6. The molecule has 0 radical (unpaired) electrons. The number of ether oxygens (including phenoxy) is 2. The molecule has 3 aromatic carbocycles. The van der Waals surface area contributed by atoms with Gasteiger partial charge >= 0.3 is 18.3 Å². The molecule has 5 atom stereocenters. The number of carbonyl (C=O) groups excluding carboxylic acids is 1. The third kappa shape index (κ3) is 6.96. The highest BCUT2D eigenvalue weighted by molar-refractivity contribution is 5.75. The van der Waals surface area contributed by atoms with Gasteiger partial charge in [0.2, 0.25) is 0 Å². The standard InChI is InChI=1S/C35H37F6NO4/c1-32(2,3)46-31(44)27-19-33(24-12-8-5-9-13-24)30(15-14-28(27)42(33)20-22-10-6-4-7-11-22)45-29(21-43)23-16-25(34(36,37)38)18-26(17-23)35(39,40)41/h4-13,16-18,27-30,43H,14-15,19-21H2,1-3H3. The minimum Gasteiger partial charge on any atom is -0.460 e. The highest BCUT2D eigenvalue weighted by Gasteiger charge is 2.62. The lowest BCUT2D eigenvalue weighted by molar-refractivity contribution is -0.161. The van der Waals surface area contributed by atoms with Crippen molar-refractivity contribution in [2.45, 2.75) is 88.3 Å². The number of hydrogen-bond acceptors (Lipinski definition) is 5. The highest BCUT2D eigenvalue weighted by atomic mass is 19.4. The summed E-state index contributed by atoms with van der Waals surface area (Å²) in [5, 5.41) is 10.4. The van der Waals surface area contributed by atoms with E-state index in [1.165, 1.54) is 0 Å². The Morgan fingerprint density at radius 1 is 0.891 bits per heavy atom. The molecule has 1 N–H and O–H groups in total. The van der Waals surface area contributed by atoms with Crippen molar-refractivity contribution in [1.82, 2.24) is 4.90 Å². The Hall–Kier alpha value is -3.41. The van der Waals surface area contributed by atoms with E-state index in [9.17, 15) is 36.2 Å². The summed E-state index contributed by atoms with van der Waals surface area (Å²) in [6.07, 6.45) is -11.4. The van der Waals surface area contributed by atoms with Gasteiger partial charge < -0.3 is 14.6 Å². The van der Waals surface area contributed by atoms with Crippen molar-refractivity contribution in [3.63, 3.8) is 0 Å². The zero-order chi connectivity index (χ0) is 33.5. The van der Waals surface area contributed by atoms with E-state index in [2.05, 4.69) is 4.90 Å². The first-order valence-electron chi connectivity index (χ1n) is 15.2. The van der Waals surface area contributed by atoms with Gasteiger partial charge in [-0.1, -0.05) is 60.7 Å². The molecule has 3 aromatic rings. The van der Waals surface area contributed by atoms with Gasteiger partial charge in [0.1, 0.15) is 11.7 Å². The number of benzene rings is 3. The first kappa shape index (κ1) is 33.9. The molecule has 2 bridgehead atoms. The molecule has 2 aliphatic rings. The Kier molecular flexibility index (Phi) is 9.34. The Morgan fingerprint density at radius 2 is 1.46 bits per heavy atom. The lowest BCUT2D eigenvalue weighted by Crippen LogP contribution is -2.57. The molecule has 0 saturated carbocycles. The van der Waals surface area contributed by atoms with Crippen LogP contribution in [-0.2, 0) is 38.7 Å². The number of fused-ring (bicyclic) bond motifs is 2. The second kappa shape index (κ2) is 12.7. The van der Waals surface area contributed by atoms with E-state index in [1.54, 1.807) is 20.8 Å². The molecule has 2 heterocycles. The summed E-state index contributed by atoms with van der Waals surface area (Å²) >= 11 is 0. The third-order valence-corrected chi connectivity index (χ3v) is 8.82. The fourth-order valence-electron chi connectivity index (χ4n) is 6.96. The van der Waals surface area contributed by atoms with Crippen LogP contribution in [-0.4, -0.2) is 40.3 Å². The SMILES string of the molecule is CC(C)(C)OC(=O)C1CC2(c3ccccc3)C(OC(CO)c3cc(C(F)(F)F)cc(C(F)(F)F)c3)CCC1N2Cc1ccccc1. The molecule has 0 aliphatic carbocycles. The van der Waals surface area contributed by atoms with E-state index in [-0.39, 0.29) is 24.5 Å². The topological polar surface area (TPSA) is 59.0 Å². The Morgan fingerprint density at radius 3 is 1.98 bits per heavy atom. The monoisotopic (exact) mass is 649 g/mol. The summed E-state index contributed by atoms with van der Waals surface area (Å²) in [5.74, 6) is -0.977. The van der Waals surface area contributed by atoms with Crippen LogP contribution in [0.5, 0.6) is 0 Å². The predicted molar refractivity (Wildman–Crippen MR) is 158 cm³/mol. The number of halogens is 6. The quantitative estimate of drug-likeness (QED) is 0.198. The van der Waals surface area contributed by atoms with Crippen LogP contribution in [0.25, 0.3) is 0 Å². The van der Waals surface area contributed by atoms with Crippen LogP contribution in [0.3, 0.4) is 0 Å². The number of aliphatic hydroxyl groups excluding tert-OH is 1. The maximum absolute atomic E-state index is 13.7. The van der Waals surface area contributed by atoms with Gasteiger partial charge in [0.25, 0.3) is 0 Å². The van der Waals surface area contributed by atoms with Gasteiger partial charge in [0.05, 0.1) is 35.3 Å². The second-order valence-corrected chi connectivity index (χ2v) is 13.0. The summed E-state index contributed by atoms with van der Waals surface area (Å²) in [5.41, 5.74) is -3.46. The largest absolute Gasteiger partial charge is 0.460 e. The van der Waals surface area contributed by atoms with Crippen LogP contribution in [0.1, 0.15) is 74.0 Å². The van der Waals surface area contributed by atoms with Gasteiger partial charge in [0.15, 0.2) is 0 Å². The zero-order valence-corrected chi connectivity index (χ0v) is 25.7. The first-order chi connectivity index (χ1) is 21.5. The van der Waals surface area contributed by atoms with Gasteiger partial charge in [-0.2, -0.15) is 26.3 Å². The molecule has 2 fully saturated rings. The predicted octanol–water partition coefficient (Wildman–Crippen LogP) is 8.06. The highest BCUT2D eigenvalue weighted by Crippen LogP contribution is 2.56. The second-order valence-electron chi connectivity index (χ2n) is 13.0. The number of rotatable bonds is 8. The molecule has 2 saturated heterocycles. The molecule has 11 heteroatoms. The van der Waals surface area contributed by atoms with Crippen molar-refractivity contribution in [2.75, 3.05) is 6.61 Å². The fraction of sp³-hybridized carbons (Fsp3) is 0.457. The molecule has 5 rings (SSSR count). The number of piperidine rings is 1. The van der Waals surface area contributed by atoms with Crippen molar-refractivity contribution < 1.29 is 45.7 Å². The fourth-order valence-corrected chi connectivity index (χ4v) is 6.96. The van der Waals surface area contributed by atoms with Gasteiger partial charge in [-0.3, -0.25) is 9.69 Å². The third-order valence-electron chi connectivity index (χ3n) is 8.82. The average molecular weight is 650 g/mol. The van der Waals surface area contributed by atoms with E-state index in [4.69, 9.17) is 9.47 Å². The molecule has 2 aliphatic heterocycles. The Balaban J connectivity index is 1.62. The van der Waals surface area contributed by atoms with E-state index in [1.807, 2.05) is 60.7 Å². The summed E-state index contributed by atoms with van der Waals surface area (Å²) in [7, 11) is 0. The minimum atomic E-state index is -5.06. The normalized spacial score (nSPS) is 24.5. The van der Waals surface area contributed by atoms with E-state index in [0.717, 1.165) is 11.1 Å². The number of hydrogen-bond donors (Lipinski definition) is 1. The molecule has 0 amide bonds. The Labute approximate surface area is 264 Å². The number of aliphatic hydroxyl groups is 1. The summed E-state index contributed by atoms with van der Waals surface area (Å²) < 4.78 is 94.8. The smallest absolute Gasteiger partial charge is 0.416 e. The van der Waals surface area contributed by atoms with Crippen molar-refractivity contribution in [1.29, 1.82) is 0 Å². The van der Waals surface area contributed by atoms with Crippen LogP contribution >= 0.6 is 0 Å². The van der Waals surface area contributed by atoms with Gasteiger partial charge in [0, 0.05) is 12.6 Å². The van der Waals surface area contributed by atoms with Gasteiger partial charge in [-0.05, 0) is 74.9 Å². The van der Waals surface area contributed by atoms with Crippen LogP contribution in [0.2, 0.25) is 0 Å². The maximum atomic E-state index is 13.7. The summed E-state index contributed by atoms with van der Waals surface area (Å²) in [6, 6.07) is 19.8. The van der Waals surface area contributed by atoms with Crippen LogP contribution in [0.4, 0.5) is 26.3 Å². The van der Waals surface area contributed by atoms with Crippen LogP contribution in [0.15, 0.2) is 78.9 Å². The minimum absolute atomic E-state index is 0.0542. The van der Waals surface area contributed by atoms with Crippen molar-refractivity contribution in [3.05, 3.63) is 107 Å². The number of nitrogens with zero attached hydrogens (tertiary/aromatic N) is 1. The Bertz CT molecular complexity index is 1470. The van der Waals surface area contributed by atoms with Crippen molar-refractivity contribution in [2.24, 2.45) is 5.92 Å². The maximum Gasteiger partial charge on any atom is 0.416 e. The number of esters is 1. The van der Waals surface area contributed by atoms with Crippen molar-refractivity contribution in [3.8, 4) is 0 Å². The summed E-state index contributed by atoms with van der Waals surface area (Å²) in [6.45, 7) is 4.87. The van der Waals surface area contributed by atoms with Crippen LogP contribution in [0, 0.1) is 5.92 Å². The van der Waals surface area contributed by atoms with Gasteiger partial charge in [-0.15, -0.1) is 0 Å². The van der Waals surface area contributed by atoms with Crippen molar-refractivity contribution >= 4 is 5.97 Å². The van der Waals surface area contributed by atoms with E-state index < -0.39 is 64.9 Å². The molecule has 5 nitrogen and oxygen atoms in total.